The fraction of sp³-hybridized carbons (Fsp3) is 0.200. The summed E-state index contributed by atoms with van der Waals surface area (Å²) in [5.41, 5.74) is 1.12. The molecule has 1 N–H and O–H groups in total. The minimum atomic E-state index is -4.88. The number of halogens is 3. The molecule has 35 heavy (non-hydrogen) atoms. The first-order valence-corrected chi connectivity index (χ1v) is 10.6. The van der Waals surface area contributed by atoms with E-state index in [0.29, 0.717) is 30.1 Å². The molecule has 1 fully saturated rings. The Morgan fingerprint density at radius 1 is 1.09 bits per heavy atom. The maximum Gasteiger partial charge on any atom is 0.573 e. The largest absolute Gasteiger partial charge is 0.573 e. The van der Waals surface area contributed by atoms with Crippen LogP contribution in [0.2, 0.25) is 0 Å². The predicted molar refractivity (Wildman–Crippen MR) is 117 cm³/mol. The molecule has 1 aromatic heterocycles. The summed E-state index contributed by atoms with van der Waals surface area (Å²) >= 11 is 0. The van der Waals surface area contributed by atoms with E-state index in [1.165, 1.54) is 12.1 Å². The van der Waals surface area contributed by atoms with Gasteiger partial charge in [0, 0.05) is 17.7 Å². The molecule has 0 bridgehead atoms. The van der Waals surface area contributed by atoms with Crippen LogP contribution in [0, 0.1) is 6.92 Å². The zero-order chi connectivity index (χ0) is 24.9. The van der Waals surface area contributed by atoms with Crippen molar-refractivity contribution in [2.75, 3.05) is 11.5 Å². The number of amides is 1. The van der Waals surface area contributed by atoms with Gasteiger partial charge in [-0.25, -0.2) is 0 Å². The summed E-state index contributed by atoms with van der Waals surface area (Å²) in [6, 6.07) is 11.6. The molecule has 1 unspecified atom stereocenters. The molecule has 1 atom stereocenters. The van der Waals surface area contributed by atoms with Crippen LogP contribution in [-0.2, 0) is 16.0 Å². The highest BCUT2D eigenvalue weighted by Gasteiger charge is 2.48. The van der Waals surface area contributed by atoms with Crippen molar-refractivity contribution in [3.63, 3.8) is 0 Å². The van der Waals surface area contributed by atoms with Gasteiger partial charge < -0.3 is 19.0 Å². The van der Waals surface area contributed by atoms with Crippen molar-refractivity contribution in [3.05, 3.63) is 82.8 Å². The molecule has 2 aliphatic heterocycles. The highest BCUT2D eigenvalue weighted by molar-refractivity contribution is 6.51. The first-order chi connectivity index (χ1) is 16.6. The molecular weight excluding hydrogens is 467 g/mol. The van der Waals surface area contributed by atoms with Gasteiger partial charge in [0.1, 0.15) is 34.8 Å². The summed E-state index contributed by atoms with van der Waals surface area (Å²) in [6.07, 6.45) is -4.24. The topological polar surface area (TPSA) is 89.2 Å². The Hall–Kier alpha value is -4.21. The zero-order valence-electron chi connectivity index (χ0n) is 18.3. The minimum Gasteiger partial charge on any atom is -0.507 e. The van der Waals surface area contributed by atoms with Gasteiger partial charge in [-0.15, -0.1) is 13.2 Å². The lowest BCUT2D eigenvalue weighted by molar-refractivity contribution is -0.274. The number of rotatable bonds is 4. The molecule has 2 aromatic carbocycles. The Kier molecular flexibility index (Phi) is 5.31. The quantitative estimate of drug-likeness (QED) is 0.316. The van der Waals surface area contributed by atoms with Crippen LogP contribution in [0.15, 0.2) is 64.6 Å². The number of ether oxygens (including phenoxy) is 2. The predicted octanol–water partition coefficient (Wildman–Crippen LogP) is 5.05. The Morgan fingerprint density at radius 3 is 2.49 bits per heavy atom. The number of nitrogens with zero attached hydrogens (tertiary/aromatic N) is 1. The van der Waals surface area contributed by atoms with E-state index < -0.39 is 35.6 Å². The van der Waals surface area contributed by atoms with Crippen molar-refractivity contribution >= 4 is 23.1 Å². The molecule has 0 saturated carbocycles. The first-order valence-electron chi connectivity index (χ1n) is 10.6. The Balaban J connectivity index is 1.61. The Morgan fingerprint density at radius 2 is 1.83 bits per heavy atom. The molecule has 0 spiro atoms. The normalized spacial score (nSPS) is 19.1. The van der Waals surface area contributed by atoms with E-state index in [1.54, 1.807) is 37.3 Å². The first kappa shape index (κ1) is 22.6. The standard InChI is InChI=1S/C25H18F3NO6/c1-13-2-8-19(34-13)21-20(22(30)15-3-9-18-14(12-15)10-11-33-18)23(31)24(32)29(21)16-4-6-17(7-5-16)35-25(26,27)28/h2-9,12,21,30H,10-11H2,1H3/b22-20-. The van der Waals surface area contributed by atoms with E-state index in [2.05, 4.69) is 4.74 Å². The van der Waals surface area contributed by atoms with E-state index in [0.717, 1.165) is 22.6 Å². The van der Waals surface area contributed by atoms with Crippen LogP contribution >= 0.6 is 0 Å². The van der Waals surface area contributed by atoms with Gasteiger partial charge in [-0.2, -0.15) is 0 Å². The van der Waals surface area contributed by atoms with E-state index in [4.69, 9.17) is 9.15 Å². The van der Waals surface area contributed by atoms with Crippen LogP contribution in [0.4, 0.5) is 18.9 Å². The van der Waals surface area contributed by atoms with Crippen molar-refractivity contribution in [3.8, 4) is 11.5 Å². The number of ketones is 1. The average Bonchev–Trinajstić information content (AvgIpc) is 3.51. The van der Waals surface area contributed by atoms with Crippen LogP contribution in [0.25, 0.3) is 5.76 Å². The van der Waals surface area contributed by atoms with Gasteiger partial charge in [0.15, 0.2) is 0 Å². The molecule has 7 nitrogen and oxygen atoms in total. The van der Waals surface area contributed by atoms with E-state index >= 15 is 0 Å². The molecule has 3 aromatic rings. The fourth-order valence-electron chi connectivity index (χ4n) is 4.27. The van der Waals surface area contributed by atoms with Crippen molar-refractivity contribution < 1.29 is 41.8 Å². The lowest BCUT2D eigenvalue weighted by atomic mass is 9.98. The van der Waals surface area contributed by atoms with Crippen molar-refractivity contribution in [1.29, 1.82) is 0 Å². The number of fused-ring (bicyclic) bond motifs is 1. The van der Waals surface area contributed by atoms with Gasteiger partial charge in [-0.05, 0) is 67.1 Å². The Bertz CT molecular complexity index is 1360. The lowest BCUT2D eigenvalue weighted by Crippen LogP contribution is -2.29. The van der Waals surface area contributed by atoms with Crippen LogP contribution in [0.5, 0.6) is 11.5 Å². The third-order valence-corrected chi connectivity index (χ3v) is 5.79. The SMILES string of the molecule is Cc1ccc(C2/C(=C(/O)c3ccc4c(c3)CCO4)C(=O)C(=O)N2c2ccc(OC(F)(F)F)cc2)o1. The summed E-state index contributed by atoms with van der Waals surface area (Å²) in [6.45, 7) is 2.18. The summed E-state index contributed by atoms with van der Waals surface area (Å²) in [4.78, 5) is 27.3. The van der Waals surface area contributed by atoms with Crippen molar-refractivity contribution in [2.45, 2.75) is 25.7 Å². The molecule has 10 heteroatoms. The number of furan rings is 1. The van der Waals surface area contributed by atoms with Crippen LogP contribution in [0.3, 0.4) is 0 Å². The third kappa shape index (κ3) is 4.11. The number of carbonyl (C=O) groups is 2. The highest BCUT2D eigenvalue weighted by Crippen LogP contribution is 2.43. The van der Waals surface area contributed by atoms with Gasteiger partial charge >= 0.3 is 6.36 Å². The van der Waals surface area contributed by atoms with Gasteiger partial charge in [0.25, 0.3) is 11.7 Å². The number of anilines is 1. The number of hydrogen-bond donors (Lipinski definition) is 1. The second-order valence-corrected chi connectivity index (χ2v) is 8.08. The van der Waals surface area contributed by atoms with Crippen LogP contribution in [-0.4, -0.2) is 29.8 Å². The minimum absolute atomic E-state index is 0.127. The van der Waals surface area contributed by atoms with E-state index in [-0.39, 0.29) is 17.0 Å². The molecule has 180 valence electrons. The van der Waals surface area contributed by atoms with Gasteiger partial charge in [0.2, 0.25) is 0 Å². The molecule has 1 saturated heterocycles. The summed E-state index contributed by atoms with van der Waals surface area (Å²) in [5.74, 6) is -1.38. The lowest BCUT2D eigenvalue weighted by Gasteiger charge is -2.23. The number of carbonyl (C=O) groups excluding carboxylic acids is 2. The molecule has 3 heterocycles. The second-order valence-electron chi connectivity index (χ2n) is 8.08. The number of benzene rings is 2. The van der Waals surface area contributed by atoms with E-state index in [9.17, 15) is 27.9 Å². The molecule has 5 rings (SSSR count). The average molecular weight is 485 g/mol. The number of aliphatic hydroxyl groups excluding tert-OH is 1. The summed E-state index contributed by atoms with van der Waals surface area (Å²) in [7, 11) is 0. The van der Waals surface area contributed by atoms with Gasteiger partial charge in [-0.1, -0.05) is 0 Å². The third-order valence-electron chi connectivity index (χ3n) is 5.79. The zero-order valence-corrected chi connectivity index (χ0v) is 18.3. The van der Waals surface area contributed by atoms with Crippen molar-refractivity contribution in [2.24, 2.45) is 0 Å². The second kappa shape index (κ2) is 8.23. The summed E-state index contributed by atoms with van der Waals surface area (Å²) in [5, 5.41) is 11.2. The molecular formula is C25H18F3NO6. The Labute approximate surface area is 197 Å². The van der Waals surface area contributed by atoms with Crippen molar-refractivity contribution in [1.82, 2.24) is 0 Å². The number of Topliss-reactive ketones (excluding diaryl/α,β-unsaturated/α-hetero) is 1. The number of aryl methyl sites for hydroxylation is 1. The molecule has 0 aliphatic carbocycles. The van der Waals surface area contributed by atoms with E-state index in [1.807, 2.05) is 0 Å². The molecule has 0 radical (unpaired) electrons. The fourth-order valence-corrected chi connectivity index (χ4v) is 4.27. The number of hydrogen-bond acceptors (Lipinski definition) is 6. The van der Waals surface area contributed by atoms with Gasteiger partial charge in [-0.3, -0.25) is 14.5 Å². The molecule has 2 aliphatic rings. The van der Waals surface area contributed by atoms with Gasteiger partial charge in [0.05, 0.1) is 12.2 Å². The van der Waals surface area contributed by atoms with Crippen LogP contribution in [0.1, 0.15) is 28.7 Å². The molecule has 1 amide bonds. The highest BCUT2D eigenvalue weighted by atomic mass is 19.4. The maximum atomic E-state index is 13.1. The maximum absolute atomic E-state index is 13.1. The van der Waals surface area contributed by atoms with Crippen LogP contribution < -0.4 is 14.4 Å². The number of aliphatic hydroxyl groups is 1. The number of alkyl halides is 3. The monoisotopic (exact) mass is 485 g/mol. The summed E-state index contributed by atoms with van der Waals surface area (Å²) < 4.78 is 52.7. The smallest absolute Gasteiger partial charge is 0.507 e.